The van der Waals surface area contributed by atoms with Crippen molar-refractivity contribution in [1.82, 2.24) is 4.98 Å². The lowest BCUT2D eigenvalue weighted by Gasteiger charge is -2.31. The van der Waals surface area contributed by atoms with Crippen LogP contribution in [-0.2, 0) is 15.0 Å². The third-order valence-electron chi connectivity index (χ3n) is 3.18. The second-order valence-electron chi connectivity index (χ2n) is 4.44. The van der Waals surface area contributed by atoms with Gasteiger partial charge in [0.25, 0.3) is 0 Å². The van der Waals surface area contributed by atoms with Crippen molar-refractivity contribution in [3.63, 3.8) is 0 Å². The van der Waals surface area contributed by atoms with Gasteiger partial charge >= 0.3 is 0 Å². The van der Waals surface area contributed by atoms with Crippen LogP contribution in [0.2, 0.25) is 0 Å². The summed E-state index contributed by atoms with van der Waals surface area (Å²) in [4.78, 5) is 4.64. The van der Waals surface area contributed by atoms with E-state index in [4.69, 9.17) is 15.2 Å². The summed E-state index contributed by atoms with van der Waals surface area (Å²) in [7, 11) is 0. The Hall–Kier alpha value is -0.490. The third-order valence-corrected chi connectivity index (χ3v) is 4.19. The van der Waals surface area contributed by atoms with Crippen molar-refractivity contribution in [2.45, 2.75) is 38.3 Å². The van der Waals surface area contributed by atoms with Crippen molar-refractivity contribution < 1.29 is 9.47 Å². The fraction of sp³-hybridized carbons (Fsp3) is 0.750. The van der Waals surface area contributed by atoms with E-state index in [9.17, 15) is 0 Å². The van der Waals surface area contributed by atoms with Crippen LogP contribution in [0.25, 0.3) is 0 Å². The van der Waals surface area contributed by atoms with Crippen molar-refractivity contribution in [3.05, 3.63) is 16.1 Å². The molecule has 1 saturated heterocycles. The molecule has 1 aliphatic heterocycles. The van der Waals surface area contributed by atoms with E-state index < -0.39 is 0 Å². The molecule has 1 aromatic heterocycles. The van der Waals surface area contributed by atoms with E-state index >= 15 is 0 Å². The molecule has 0 aromatic carbocycles. The number of aromatic nitrogens is 1. The summed E-state index contributed by atoms with van der Waals surface area (Å²) < 4.78 is 10.9. The Morgan fingerprint density at radius 3 is 2.94 bits per heavy atom. The van der Waals surface area contributed by atoms with Gasteiger partial charge in [0.2, 0.25) is 0 Å². The van der Waals surface area contributed by atoms with Crippen LogP contribution in [0.15, 0.2) is 5.38 Å². The van der Waals surface area contributed by atoms with Crippen LogP contribution in [-0.4, -0.2) is 24.8 Å². The normalized spacial score (nSPS) is 21.4. The van der Waals surface area contributed by atoms with Crippen molar-refractivity contribution in [2.75, 3.05) is 19.8 Å². The van der Waals surface area contributed by atoms with Gasteiger partial charge in [-0.15, -0.1) is 11.3 Å². The van der Waals surface area contributed by atoms with E-state index in [0.717, 1.165) is 36.8 Å². The smallest absolute Gasteiger partial charge is 0.122 e. The largest absolute Gasteiger partial charge is 0.381 e. The van der Waals surface area contributed by atoms with Crippen molar-refractivity contribution in [2.24, 2.45) is 5.73 Å². The monoisotopic (exact) mass is 256 g/mol. The van der Waals surface area contributed by atoms with Gasteiger partial charge in [-0.05, 0) is 26.7 Å². The van der Waals surface area contributed by atoms with Crippen molar-refractivity contribution >= 4 is 11.3 Å². The first kappa shape index (κ1) is 13.0. The van der Waals surface area contributed by atoms with Gasteiger partial charge in [0.05, 0.1) is 11.2 Å². The molecule has 1 fully saturated rings. The van der Waals surface area contributed by atoms with E-state index in [0.29, 0.717) is 6.61 Å². The molecule has 1 aromatic rings. The van der Waals surface area contributed by atoms with E-state index in [-0.39, 0.29) is 11.6 Å². The minimum atomic E-state index is -0.307. The maximum atomic E-state index is 6.39. The minimum Gasteiger partial charge on any atom is -0.381 e. The zero-order valence-corrected chi connectivity index (χ0v) is 11.3. The summed E-state index contributed by atoms with van der Waals surface area (Å²) in [5, 5.41) is 3.08. The number of nitrogens with zero attached hydrogens (tertiary/aromatic N) is 1. The molecule has 2 rings (SSSR count). The minimum absolute atomic E-state index is 0.0576. The van der Waals surface area contributed by atoms with Crippen LogP contribution in [0.1, 0.15) is 43.5 Å². The first-order valence-corrected chi connectivity index (χ1v) is 6.98. The van der Waals surface area contributed by atoms with Crippen LogP contribution in [0.4, 0.5) is 0 Å². The van der Waals surface area contributed by atoms with Gasteiger partial charge in [-0.3, -0.25) is 0 Å². The molecule has 0 bridgehead atoms. The lowest BCUT2D eigenvalue weighted by molar-refractivity contribution is 0.0503. The molecule has 2 heterocycles. The molecule has 1 aliphatic rings. The highest BCUT2D eigenvalue weighted by atomic mass is 32.1. The predicted molar refractivity (Wildman–Crippen MR) is 68.1 cm³/mol. The quantitative estimate of drug-likeness (QED) is 0.897. The highest BCUT2D eigenvalue weighted by Gasteiger charge is 2.32. The fourth-order valence-electron chi connectivity index (χ4n) is 2.02. The maximum absolute atomic E-state index is 6.39. The Bertz CT molecular complexity index is 361. The zero-order valence-electron chi connectivity index (χ0n) is 10.4. The second-order valence-corrected chi connectivity index (χ2v) is 5.33. The summed E-state index contributed by atoms with van der Waals surface area (Å²) in [5.41, 5.74) is 7.08. The van der Waals surface area contributed by atoms with Gasteiger partial charge in [0.1, 0.15) is 11.1 Å². The third kappa shape index (κ3) is 2.85. The molecule has 0 spiro atoms. The number of hydrogen-bond acceptors (Lipinski definition) is 5. The van der Waals surface area contributed by atoms with Gasteiger partial charge in [-0.2, -0.15) is 0 Å². The Morgan fingerprint density at radius 1 is 1.59 bits per heavy atom. The SMILES string of the molecule is CCOC(C)c1nc(C2(N)CCOCC2)cs1. The van der Waals surface area contributed by atoms with Gasteiger partial charge < -0.3 is 15.2 Å². The molecule has 96 valence electrons. The topological polar surface area (TPSA) is 57.4 Å². The van der Waals surface area contributed by atoms with E-state index in [2.05, 4.69) is 10.4 Å². The van der Waals surface area contributed by atoms with Crippen molar-refractivity contribution in [3.8, 4) is 0 Å². The average Bonchev–Trinajstić information content (AvgIpc) is 2.80. The lowest BCUT2D eigenvalue weighted by atomic mass is 9.88. The summed E-state index contributed by atoms with van der Waals surface area (Å²) >= 11 is 1.63. The van der Waals surface area contributed by atoms with Crippen molar-refractivity contribution in [1.29, 1.82) is 0 Å². The number of thiazole rings is 1. The predicted octanol–water partition coefficient (Wildman–Crippen LogP) is 2.21. The molecule has 0 radical (unpaired) electrons. The molecule has 4 nitrogen and oxygen atoms in total. The number of hydrogen-bond donors (Lipinski definition) is 1. The molecule has 0 amide bonds. The van der Waals surface area contributed by atoms with Gasteiger partial charge in [-0.25, -0.2) is 4.98 Å². The lowest BCUT2D eigenvalue weighted by Crippen LogP contribution is -2.42. The van der Waals surface area contributed by atoms with Crippen LogP contribution in [0, 0.1) is 0 Å². The van der Waals surface area contributed by atoms with E-state index in [1.165, 1.54) is 0 Å². The number of ether oxygens (including phenoxy) is 2. The highest BCUT2D eigenvalue weighted by molar-refractivity contribution is 7.09. The molecule has 1 atom stereocenters. The Kier molecular flexibility index (Phi) is 4.14. The molecular formula is C12H20N2O2S. The molecular weight excluding hydrogens is 236 g/mol. The average molecular weight is 256 g/mol. The molecule has 1 unspecified atom stereocenters. The first-order chi connectivity index (χ1) is 8.15. The highest BCUT2D eigenvalue weighted by Crippen LogP contribution is 2.32. The number of nitrogens with two attached hydrogens (primary N) is 1. The summed E-state index contributed by atoms with van der Waals surface area (Å²) in [6, 6.07) is 0. The van der Waals surface area contributed by atoms with Crippen LogP contribution in [0.5, 0.6) is 0 Å². The van der Waals surface area contributed by atoms with Gasteiger partial charge in [0, 0.05) is 25.2 Å². The number of rotatable bonds is 4. The van der Waals surface area contributed by atoms with Crippen LogP contribution < -0.4 is 5.73 Å². The van der Waals surface area contributed by atoms with Crippen LogP contribution >= 0.6 is 11.3 Å². The molecule has 2 N–H and O–H groups in total. The summed E-state index contributed by atoms with van der Waals surface area (Å²) in [6.45, 7) is 6.18. The van der Waals surface area contributed by atoms with E-state index in [1.54, 1.807) is 11.3 Å². The second kappa shape index (κ2) is 5.44. The Labute approximate surface area is 106 Å². The van der Waals surface area contributed by atoms with Gasteiger partial charge in [-0.1, -0.05) is 0 Å². The molecule has 17 heavy (non-hydrogen) atoms. The van der Waals surface area contributed by atoms with E-state index in [1.807, 2.05) is 13.8 Å². The standard InChI is InChI=1S/C12H20N2O2S/c1-3-16-9(2)11-14-10(8-17-11)12(13)4-6-15-7-5-12/h8-9H,3-7,13H2,1-2H3. The molecule has 0 saturated carbocycles. The summed E-state index contributed by atoms with van der Waals surface area (Å²) in [5.74, 6) is 0. The molecule has 5 heteroatoms. The Morgan fingerprint density at radius 2 is 2.29 bits per heavy atom. The maximum Gasteiger partial charge on any atom is 0.122 e. The summed E-state index contributed by atoms with van der Waals surface area (Å²) in [6.07, 6.45) is 1.75. The molecule has 0 aliphatic carbocycles. The van der Waals surface area contributed by atoms with Crippen LogP contribution in [0.3, 0.4) is 0 Å². The van der Waals surface area contributed by atoms with Gasteiger partial charge in [0.15, 0.2) is 0 Å². The zero-order chi connectivity index (χ0) is 12.3. The Balaban J connectivity index is 2.11. The first-order valence-electron chi connectivity index (χ1n) is 6.10. The fourth-order valence-corrected chi connectivity index (χ4v) is 2.95.